The Balaban J connectivity index is 1.90. The van der Waals surface area contributed by atoms with Crippen molar-refractivity contribution in [2.45, 2.75) is 25.9 Å². The molecular weight excluding hydrogens is 280 g/mol. The van der Waals surface area contributed by atoms with Gasteiger partial charge in [0.05, 0.1) is 0 Å². The number of nitrogens with one attached hydrogen (secondary N) is 1. The van der Waals surface area contributed by atoms with Crippen LogP contribution in [0.5, 0.6) is 0 Å². The summed E-state index contributed by atoms with van der Waals surface area (Å²) in [5, 5.41) is 2.98. The van der Waals surface area contributed by atoms with Gasteiger partial charge in [-0.3, -0.25) is 9.69 Å². The normalized spacial score (nSPS) is 20.5. The highest BCUT2D eigenvalue weighted by atomic mass is 79.9. The second-order valence-corrected chi connectivity index (χ2v) is 5.37. The van der Waals surface area contributed by atoms with E-state index in [1.165, 1.54) is 5.56 Å². The molecule has 1 atom stereocenters. The fourth-order valence-corrected chi connectivity index (χ4v) is 2.66. The van der Waals surface area contributed by atoms with Crippen LogP contribution in [0.2, 0.25) is 0 Å². The number of hydrogen-bond donors (Lipinski definition) is 1. The lowest BCUT2D eigenvalue weighted by Gasteiger charge is -2.17. The van der Waals surface area contributed by atoms with Crippen molar-refractivity contribution in [2.75, 3.05) is 13.1 Å². The highest BCUT2D eigenvalue weighted by Crippen LogP contribution is 2.20. The van der Waals surface area contributed by atoms with Gasteiger partial charge in [0.15, 0.2) is 0 Å². The van der Waals surface area contributed by atoms with E-state index in [0.29, 0.717) is 6.04 Å². The van der Waals surface area contributed by atoms with Crippen molar-refractivity contribution in [1.29, 1.82) is 0 Å². The summed E-state index contributed by atoms with van der Waals surface area (Å²) in [7, 11) is 0. The van der Waals surface area contributed by atoms with Crippen molar-refractivity contribution >= 4 is 21.8 Å². The standard InChI is InChI=1S/C13H17BrN2O/c1-10(17)15-12-6-7-16(9-12)8-11-4-2-3-5-13(11)14/h2-5,12H,6-9H2,1H3,(H,15,17). The first-order chi connectivity index (χ1) is 8.15. The molecule has 92 valence electrons. The van der Waals surface area contributed by atoms with Crippen LogP contribution in [-0.2, 0) is 11.3 Å². The zero-order valence-corrected chi connectivity index (χ0v) is 11.5. The minimum absolute atomic E-state index is 0.0674. The predicted molar refractivity (Wildman–Crippen MR) is 71.6 cm³/mol. The van der Waals surface area contributed by atoms with E-state index in [1.54, 1.807) is 6.92 Å². The Morgan fingerprint density at radius 2 is 2.29 bits per heavy atom. The summed E-state index contributed by atoms with van der Waals surface area (Å²) >= 11 is 3.56. The van der Waals surface area contributed by atoms with Crippen LogP contribution in [0.25, 0.3) is 0 Å². The van der Waals surface area contributed by atoms with E-state index in [2.05, 4.69) is 44.3 Å². The van der Waals surface area contributed by atoms with Gasteiger partial charge in [0.2, 0.25) is 5.91 Å². The molecule has 0 spiro atoms. The molecule has 1 aliphatic rings. The van der Waals surface area contributed by atoms with Crippen LogP contribution in [0.15, 0.2) is 28.7 Å². The number of halogens is 1. The molecule has 1 aliphatic heterocycles. The van der Waals surface area contributed by atoms with Gasteiger partial charge in [-0.1, -0.05) is 34.1 Å². The first-order valence-electron chi connectivity index (χ1n) is 5.88. The molecule has 2 rings (SSSR count). The van der Waals surface area contributed by atoms with Gasteiger partial charge in [-0.2, -0.15) is 0 Å². The molecule has 1 heterocycles. The van der Waals surface area contributed by atoms with E-state index in [1.807, 2.05) is 6.07 Å². The summed E-state index contributed by atoms with van der Waals surface area (Å²) in [5.41, 5.74) is 1.30. The van der Waals surface area contributed by atoms with Crippen LogP contribution >= 0.6 is 15.9 Å². The van der Waals surface area contributed by atoms with Gasteiger partial charge >= 0.3 is 0 Å². The lowest BCUT2D eigenvalue weighted by atomic mass is 10.2. The molecule has 1 amide bonds. The second kappa shape index (κ2) is 5.65. The predicted octanol–water partition coefficient (Wildman–Crippen LogP) is 2.16. The zero-order valence-electron chi connectivity index (χ0n) is 9.95. The van der Waals surface area contributed by atoms with Gasteiger partial charge in [0, 0.05) is 37.1 Å². The van der Waals surface area contributed by atoms with Crippen molar-refractivity contribution < 1.29 is 4.79 Å². The summed E-state index contributed by atoms with van der Waals surface area (Å²) in [6.45, 7) is 4.52. The zero-order chi connectivity index (χ0) is 12.3. The maximum absolute atomic E-state index is 11.0. The van der Waals surface area contributed by atoms with Crippen LogP contribution in [0.3, 0.4) is 0 Å². The van der Waals surface area contributed by atoms with E-state index in [9.17, 15) is 4.79 Å². The van der Waals surface area contributed by atoms with E-state index < -0.39 is 0 Å². The third-order valence-electron chi connectivity index (χ3n) is 3.03. The molecule has 1 fully saturated rings. The largest absolute Gasteiger partial charge is 0.352 e. The lowest BCUT2D eigenvalue weighted by molar-refractivity contribution is -0.119. The highest BCUT2D eigenvalue weighted by molar-refractivity contribution is 9.10. The third-order valence-corrected chi connectivity index (χ3v) is 3.81. The molecule has 17 heavy (non-hydrogen) atoms. The smallest absolute Gasteiger partial charge is 0.217 e. The van der Waals surface area contributed by atoms with Gasteiger partial charge in [-0.25, -0.2) is 0 Å². The number of amides is 1. The highest BCUT2D eigenvalue weighted by Gasteiger charge is 2.23. The molecule has 1 saturated heterocycles. The molecule has 1 aromatic rings. The Morgan fingerprint density at radius 3 is 3.00 bits per heavy atom. The van der Waals surface area contributed by atoms with E-state index >= 15 is 0 Å². The molecule has 0 radical (unpaired) electrons. The molecule has 1 aromatic carbocycles. The van der Waals surface area contributed by atoms with Gasteiger partial charge < -0.3 is 5.32 Å². The molecule has 3 nitrogen and oxygen atoms in total. The molecule has 1 N–H and O–H groups in total. The fourth-order valence-electron chi connectivity index (χ4n) is 2.25. The average Bonchev–Trinajstić information content (AvgIpc) is 2.68. The first kappa shape index (κ1) is 12.6. The monoisotopic (exact) mass is 296 g/mol. The van der Waals surface area contributed by atoms with E-state index in [4.69, 9.17) is 0 Å². The summed E-state index contributed by atoms with van der Waals surface area (Å²) in [6.07, 6.45) is 1.05. The Bertz CT molecular complexity index is 408. The van der Waals surface area contributed by atoms with Gasteiger partial charge in [-0.05, 0) is 18.1 Å². The van der Waals surface area contributed by atoms with Crippen molar-refractivity contribution in [1.82, 2.24) is 10.2 Å². The van der Waals surface area contributed by atoms with Gasteiger partial charge in [0.1, 0.15) is 0 Å². The number of carbonyl (C=O) groups excluding carboxylic acids is 1. The molecule has 0 aliphatic carbocycles. The van der Waals surface area contributed by atoms with Gasteiger partial charge in [-0.15, -0.1) is 0 Å². The Hall–Kier alpha value is -0.870. The van der Waals surface area contributed by atoms with Crippen molar-refractivity contribution in [3.63, 3.8) is 0 Å². The van der Waals surface area contributed by atoms with Crippen LogP contribution in [0.1, 0.15) is 18.9 Å². The second-order valence-electron chi connectivity index (χ2n) is 4.51. The summed E-state index contributed by atoms with van der Waals surface area (Å²) in [4.78, 5) is 13.4. The Morgan fingerprint density at radius 1 is 1.53 bits per heavy atom. The number of rotatable bonds is 3. The number of hydrogen-bond acceptors (Lipinski definition) is 2. The average molecular weight is 297 g/mol. The fraction of sp³-hybridized carbons (Fsp3) is 0.462. The number of nitrogens with zero attached hydrogens (tertiary/aromatic N) is 1. The van der Waals surface area contributed by atoms with Crippen molar-refractivity contribution in [3.05, 3.63) is 34.3 Å². The van der Waals surface area contributed by atoms with Crippen molar-refractivity contribution in [3.8, 4) is 0 Å². The van der Waals surface area contributed by atoms with Crippen LogP contribution in [-0.4, -0.2) is 29.9 Å². The summed E-state index contributed by atoms with van der Waals surface area (Å²) in [5.74, 6) is 0.0674. The summed E-state index contributed by atoms with van der Waals surface area (Å²) < 4.78 is 1.16. The molecule has 1 unspecified atom stereocenters. The van der Waals surface area contributed by atoms with Crippen LogP contribution in [0.4, 0.5) is 0 Å². The molecule has 0 bridgehead atoms. The minimum atomic E-state index is 0.0674. The maximum Gasteiger partial charge on any atom is 0.217 e. The number of carbonyl (C=O) groups is 1. The SMILES string of the molecule is CC(=O)NC1CCN(Cc2ccccc2Br)C1. The number of likely N-dealkylation sites (tertiary alicyclic amines) is 1. The van der Waals surface area contributed by atoms with Crippen LogP contribution < -0.4 is 5.32 Å². The Labute approximate surface area is 110 Å². The summed E-state index contributed by atoms with van der Waals surface area (Å²) in [6, 6.07) is 8.60. The third kappa shape index (κ3) is 3.54. The van der Waals surface area contributed by atoms with Gasteiger partial charge in [0.25, 0.3) is 0 Å². The number of benzene rings is 1. The van der Waals surface area contributed by atoms with Crippen molar-refractivity contribution in [2.24, 2.45) is 0 Å². The quantitative estimate of drug-likeness (QED) is 0.927. The first-order valence-corrected chi connectivity index (χ1v) is 6.67. The topological polar surface area (TPSA) is 32.3 Å². The van der Waals surface area contributed by atoms with E-state index in [-0.39, 0.29) is 5.91 Å². The molecule has 4 heteroatoms. The molecular formula is C13H17BrN2O. The van der Waals surface area contributed by atoms with E-state index in [0.717, 1.165) is 30.5 Å². The maximum atomic E-state index is 11.0. The molecule has 0 saturated carbocycles. The lowest BCUT2D eigenvalue weighted by Crippen LogP contribution is -2.35. The Kier molecular flexibility index (Phi) is 4.18. The van der Waals surface area contributed by atoms with Crippen LogP contribution in [0, 0.1) is 0 Å². The molecule has 0 aromatic heterocycles. The minimum Gasteiger partial charge on any atom is -0.352 e.